The first-order chi connectivity index (χ1) is 17.0. The summed E-state index contributed by atoms with van der Waals surface area (Å²) in [5.74, 6) is 0.512. The third-order valence-electron chi connectivity index (χ3n) is 6.31. The lowest BCUT2D eigenvalue weighted by Crippen LogP contribution is -2.34. The van der Waals surface area contributed by atoms with Gasteiger partial charge in [0.25, 0.3) is 0 Å². The topological polar surface area (TPSA) is 82.2 Å². The Balaban J connectivity index is 1.58. The van der Waals surface area contributed by atoms with Gasteiger partial charge in [0.15, 0.2) is 0 Å². The van der Waals surface area contributed by atoms with Crippen molar-refractivity contribution in [1.82, 2.24) is 9.21 Å². The van der Waals surface area contributed by atoms with Crippen LogP contribution >= 0.6 is 11.9 Å². The van der Waals surface area contributed by atoms with Gasteiger partial charge in [-0.15, -0.1) is 0 Å². The largest absolute Gasteiger partial charge is 0.392 e. The third kappa shape index (κ3) is 6.54. The van der Waals surface area contributed by atoms with E-state index in [4.69, 9.17) is 5.73 Å². The summed E-state index contributed by atoms with van der Waals surface area (Å²) in [7, 11) is 0. The third-order valence-corrected chi connectivity index (χ3v) is 7.36. The summed E-state index contributed by atoms with van der Waals surface area (Å²) >= 11 is 1.70. The zero-order chi connectivity index (χ0) is 24.8. The molecule has 0 aliphatic carbocycles. The molecule has 6 nitrogen and oxygen atoms in total. The van der Waals surface area contributed by atoms with E-state index < -0.39 is 0 Å². The predicted octanol–water partition coefficient (Wildman–Crippen LogP) is 5.24. The molecule has 1 unspecified atom stereocenters. The Morgan fingerprint density at radius 3 is 2.69 bits per heavy atom. The molecule has 2 heterocycles. The van der Waals surface area contributed by atoms with Gasteiger partial charge in [0.1, 0.15) is 5.84 Å². The highest BCUT2D eigenvalue weighted by Crippen LogP contribution is 2.34. The van der Waals surface area contributed by atoms with Crippen molar-refractivity contribution >= 4 is 35.5 Å². The van der Waals surface area contributed by atoms with Crippen LogP contribution < -0.4 is 5.73 Å². The number of benzene rings is 2. The van der Waals surface area contributed by atoms with Gasteiger partial charge in [-0.25, -0.2) is 9.30 Å². The van der Waals surface area contributed by atoms with E-state index in [1.165, 1.54) is 0 Å². The second-order valence-corrected chi connectivity index (χ2v) is 10.5. The smallest absolute Gasteiger partial charge is 0.250 e. The van der Waals surface area contributed by atoms with Gasteiger partial charge < -0.3 is 15.7 Å². The molecule has 1 saturated heterocycles. The summed E-state index contributed by atoms with van der Waals surface area (Å²) in [4.78, 5) is 21.0. The Morgan fingerprint density at radius 2 is 1.94 bits per heavy atom. The summed E-state index contributed by atoms with van der Waals surface area (Å²) in [6.07, 6.45) is 5.83. The lowest BCUT2D eigenvalue weighted by molar-refractivity contribution is -0.127. The highest BCUT2D eigenvalue weighted by atomic mass is 32.2. The number of aliphatic imine (C=N–C) groups is 1. The van der Waals surface area contributed by atoms with Crippen molar-refractivity contribution in [3.05, 3.63) is 53.6 Å². The average molecular weight is 493 g/mol. The number of piperidine rings is 1. The fraction of sp³-hybridized carbons (Fsp3) is 0.429. The molecule has 35 heavy (non-hydrogen) atoms. The molecule has 1 atom stereocenters. The molecule has 186 valence electrons. The minimum absolute atomic E-state index is 0.0522. The Kier molecular flexibility index (Phi) is 8.65. The number of aliphatic hydroxyl groups is 1. The molecular formula is C28H36N4O2S. The standard InChI is InChI=1S/C28H36N4O2S/c1-3-12-31(13-4-2)28(34)23-15-22-11-10-21(17-26(22)30-27(29)18-23)20-7-5-9-25(16-20)35-32-14-6-8-24(33)19-32/h5,7,9-11,15-17,24,33H,3-4,6,8,12-14,18-19H2,1-2H3,(H2,29,30). The van der Waals surface area contributed by atoms with E-state index >= 15 is 0 Å². The van der Waals surface area contributed by atoms with E-state index in [1.807, 2.05) is 17.0 Å². The maximum absolute atomic E-state index is 13.2. The molecule has 2 aliphatic rings. The first-order valence-corrected chi connectivity index (χ1v) is 13.4. The van der Waals surface area contributed by atoms with E-state index in [2.05, 4.69) is 59.5 Å². The molecule has 0 spiro atoms. The minimum atomic E-state index is -0.242. The zero-order valence-corrected chi connectivity index (χ0v) is 21.6. The Hall–Kier alpha value is -2.61. The summed E-state index contributed by atoms with van der Waals surface area (Å²) in [6, 6.07) is 14.6. The molecule has 1 amide bonds. The number of fused-ring (bicyclic) bond motifs is 1. The summed E-state index contributed by atoms with van der Waals surface area (Å²) in [5.41, 5.74) is 10.8. The van der Waals surface area contributed by atoms with Crippen molar-refractivity contribution in [2.24, 2.45) is 10.7 Å². The van der Waals surface area contributed by atoms with E-state index in [0.29, 0.717) is 24.4 Å². The number of carbonyl (C=O) groups excluding carboxylic acids is 1. The molecule has 0 radical (unpaired) electrons. The van der Waals surface area contributed by atoms with Crippen LogP contribution in [0, 0.1) is 0 Å². The zero-order valence-electron chi connectivity index (χ0n) is 20.7. The van der Waals surface area contributed by atoms with Crippen LogP contribution in [-0.4, -0.2) is 58.3 Å². The molecule has 0 bridgehead atoms. The van der Waals surface area contributed by atoms with Gasteiger partial charge in [-0.2, -0.15) is 0 Å². The number of β-amino-alcohol motifs (C(OH)–C–C–N with tert-alkyl or cyclic N) is 1. The first kappa shape index (κ1) is 25.5. The summed E-state index contributed by atoms with van der Waals surface area (Å²) < 4.78 is 2.24. The van der Waals surface area contributed by atoms with Gasteiger partial charge in [0.2, 0.25) is 5.91 Å². The number of amides is 1. The number of rotatable bonds is 8. The molecule has 2 aromatic carbocycles. The number of hydrogen-bond acceptors (Lipinski definition) is 6. The summed E-state index contributed by atoms with van der Waals surface area (Å²) in [6.45, 7) is 7.36. The Morgan fingerprint density at radius 1 is 1.17 bits per heavy atom. The molecule has 0 aromatic heterocycles. The van der Waals surface area contributed by atoms with Gasteiger partial charge in [-0.1, -0.05) is 38.1 Å². The lowest BCUT2D eigenvalue weighted by Gasteiger charge is -2.28. The normalized spacial score (nSPS) is 18.3. The molecule has 4 rings (SSSR count). The second kappa shape index (κ2) is 11.9. The summed E-state index contributed by atoms with van der Waals surface area (Å²) in [5, 5.41) is 9.98. The van der Waals surface area contributed by atoms with Crippen LogP contribution in [0.15, 0.2) is 57.9 Å². The quantitative estimate of drug-likeness (QED) is 0.493. The van der Waals surface area contributed by atoms with Gasteiger partial charge >= 0.3 is 0 Å². The van der Waals surface area contributed by atoms with Crippen molar-refractivity contribution in [1.29, 1.82) is 0 Å². The number of nitrogens with two attached hydrogens (primary N) is 1. The van der Waals surface area contributed by atoms with E-state index in [-0.39, 0.29) is 12.0 Å². The minimum Gasteiger partial charge on any atom is -0.392 e. The van der Waals surface area contributed by atoms with Gasteiger partial charge in [-0.3, -0.25) is 4.79 Å². The van der Waals surface area contributed by atoms with Crippen LogP contribution in [0.4, 0.5) is 5.69 Å². The monoisotopic (exact) mass is 492 g/mol. The van der Waals surface area contributed by atoms with Gasteiger partial charge in [0.05, 0.1) is 11.8 Å². The van der Waals surface area contributed by atoms with E-state index in [1.54, 1.807) is 11.9 Å². The lowest BCUT2D eigenvalue weighted by atomic mass is 10.0. The molecule has 2 aliphatic heterocycles. The van der Waals surface area contributed by atoms with E-state index in [0.717, 1.165) is 72.6 Å². The fourth-order valence-corrected chi connectivity index (χ4v) is 5.73. The van der Waals surface area contributed by atoms with Crippen LogP contribution in [0.2, 0.25) is 0 Å². The van der Waals surface area contributed by atoms with Crippen molar-refractivity contribution in [3.63, 3.8) is 0 Å². The Labute approximate surface area is 213 Å². The number of nitrogens with zero attached hydrogens (tertiary/aromatic N) is 3. The average Bonchev–Trinajstić information content (AvgIpc) is 3.01. The first-order valence-electron chi connectivity index (χ1n) is 12.6. The van der Waals surface area contributed by atoms with Crippen LogP contribution in [-0.2, 0) is 4.79 Å². The molecular weight excluding hydrogens is 456 g/mol. The van der Waals surface area contributed by atoms with Crippen LogP contribution in [0.5, 0.6) is 0 Å². The maximum Gasteiger partial charge on any atom is 0.250 e. The van der Waals surface area contributed by atoms with Crippen molar-refractivity contribution in [2.45, 2.75) is 57.0 Å². The number of aliphatic hydroxyl groups excluding tert-OH is 1. The number of amidine groups is 1. The SMILES string of the molecule is CCCN(CCC)C(=O)C1=Cc2ccc(-c3cccc(SN4CCCC(O)C4)c3)cc2N=C(N)C1. The van der Waals surface area contributed by atoms with Gasteiger partial charge in [-0.05, 0) is 73.0 Å². The molecule has 0 saturated carbocycles. The fourth-order valence-electron chi connectivity index (χ4n) is 4.65. The van der Waals surface area contributed by atoms with Crippen LogP contribution in [0.3, 0.4) is 0 Å². The number of hydrogen-bond donors (Lipinski definition) is 2. The van der Waals surface area contributed by atoms with Crippen molar-refractivity contribution in [3.8, 4) is 11.1 Å². The molecule has 2 aromatic rings. The molecule has 1 fully saturated rings. The highest BCUT2D eigenvalue weighted by molar-refractivity contribution is 7.97. The second-order valence-electron chi connectivity index (χ2n) is 9.32. The Bertz CT molecular complexity index is 1110. The molecule has 7 heteroatoms. The van der Waals surface area contributed by atoms with Crippen LogP contribution in [0.25, 0.3) is 17.2 Å². The highest BCUT2D eigenvalue weighted by Gasteiger charge is 2.21. The van der Waals surface area contributed by atoms with Gasteiger partial charge in [0, 0.05) is 48.6 Å². The van der Waals surface area contributed by atoms with Crippen molar-refractivity contribution in [2.75, 3.05) is 26.2 Å². The number of carbonyl (C=O) groups is 1. The molecule has 3 N–H and O–H groups in total. The van der Waals surface area contributed by atoms with Crippen LogP contribution in [0.1, 0.15) is 51.5 Å². The predicted molar refractivity (Wildman–Crippen MR) is 146 cm³/mol. The van der Waals surface area contributed by atoms with Crippen molar-refractivity contribution < 1.29 is 9.90 Å². The van der Waals surface area contributed by atoms with E-state index in [9.17, 15) is 9.90 Å². The maximum atomic E-state index is 13.2.